The third-order valence-corrected chi connectivity index (χ3v) is 4.27. The zero-order chi connectivity index (χ0) is 13.3. The number of anilines is 1. The fourth-order valence-electron chi connectivity index (χ4n) is 1.89. The molecule has 5 heteroatoms. The third-order valence-electron chi connectivity index (χ3n) is 3.47. The van der Waals surface area contributed by atoms with Crippen LogP contribution < -0.4 is 10.6 Å². The Labute approximate surface area is 117 Å². The molecule has 0 aliphatic carbocycles. The third kappa shape index (κ3) is 2.63. The van der Waals surface area contributed by atoms with E-state index in [0.29, 0.717) is 21.7 Å². The first-order valence-corrected chi connectivity index (χ1v) is 6.72. The number of benzene rings is 1. The van der Waals surface area contributed by atoms with Gasteiger partial charge in [-0.1, -0.05) is 36.2 Å². The number of halogens is 2. The van der Waals surface area contributed by atoms with Crippen LogP contribution in [0.5, 0.6) is 0 Å². The molecular formula is C13H16Cl2N2O. The molecule has 1 aliphatic rings. The lowest BCUT2D eigenvalue weighted by molar-refractivity contribution is -0.121. The van der Waals surface area contributed by atoms with Gasteiger partial charge in [0.25, 0.3) is 0 Å². The Morgan fingerprint density at radius 2 is 2.11 bits per heavy atom. The summed E-state index contributed by atoms with van der Waals surface area (Å²) in [7, 11) is 0. The fourth-order valence-corrected chi connectivity index (χ4v) is 2.35. The minimum absolute atomic E-state index is 0.0316. The summed E-state index contributed by atoms with van der Waals surface area (Å²) in [6.45, 7) is 5.60. The van der Waals surface area contributed by atoms with Crippen molar-refractivity contribution in [2.75, 3.05) is 18.4 Å². The van der Waals surface area contributed by atoms with Crippen molar-refractivity contribution in [3.8, 4) is 0 Å². The first-order chi connectivity index (χ1) is 8.50. The molecule has 3 nitrogen and oxygen atoms in total. The standard InChI is InChI=1S/C13H16Cl2N2O/c1-7-3-4-10(14)12(11(7)15)17-13(18)8(2)9-5-16-6-9/h3-4,8-9,16H,5-6H2,1-2H3,(H,17,18). The largest absolute Gasteiger partial charge is 0.323 e. The van der Waals surface area contributed by atoms with Gasteiger partial charge >= 0.3 is 0 Å². The Hall–Kier alpha value is -0.770. The van der Waals surface area contributed by atoms with E-state index < -0.39 is 0 Å². The molecule has 1 fully saturated rings. The van der Waals surface area contributed by atoms with Gasteiger partial charge in [0.15, 0.2) is 0 Å². The van der Waals surface area contributed by atoms with Crippen LogP contribution in [0.15, 0.2) is 12.1 Å². The van der Waals surface area contributed by atoms with Crippen molar-refractivity contribution >= 4 is 34.8 Å². The fraction of sp³-hybridized carbons (Fsp3) is 0.462. The van der Waals surface area contributed by atoms with Gasteiger partial charge in [0.05, 0.1) is 15.7 Å². The summed E-state index contributed by atoms with van der Waals surface area (Å²) in [5.74, 6) is 0.321. The van der Waals surface area contributed by atoms with E-state index in [1.54, 1.807) is 6.07 Å². The minimum Gasteiger partial charge on any atom is -0.323 e. The molecule has 0 bridgehead atoms. The molecule has 0 aromatic heterocycles. The SMILES string of the molecule is Cc1ccc(Cl)c(NC(=O)C(C)C2CNC2)c1Cl. The monoisotopic (exact) mass is 286 g/mol. The number of carbonyl (C=O) groups excluding carboxylic acids is 1. The van der Waals surface area contributed by atoms with Gasteiger partial charge in [0, 0.05) is 5.92 Å². The lowest BCUT2D eigenvalue weighted by Crippen LogP contribution is -2.48. The molecule has 1 aromatic rings. The molecular weight excluding hydrogens is 271 g/mol. The minimum atomic E-state index is -0.0427. The second kappa shape index (κ2) is 5.47. The maximum atomic E-state index is 12.1. The van der Waals surface area contributed by atoms with Gasteiger partial charge in [-0.2, -0.15) is 0 Å². The summed E-state index contributed by atoms with van der Waals surface area (Å²) in [4.78, 5) is 12.1. The van der Waals surface area contributed by atoms with Gasteiger partial charge in [-0.05, 0) is 37.6 Å². The molecule has 0 spiro atoms. The van der Waals surface area contributed by atoms with Gasteiger partial charge in [0.2, 0.25) is 5.91 Å². The molecule has 98 valence electrons. The molecule has 1 aromatic carbocycles. The summed E-state index contributed by atoms with van der Waals surface area (Å²) >= 11 is 12.2. The molecule has 0 radical (unpaired) electrons. The summed E-state index contributed by atoms with van der Waals surface area (Å²) in [6, 6.07) is 3.58. The van der Waals surface area contributed by atoms with Gasteiger partial charge in [-0.3, -0.25) is 4.79 Å². The van der Waals surface area contributed by atoms with Gasteiger partial charge in [-0.25, -0.2) is 0 Å². The number of rotatable bonds is 3. The summed E-state index contributed by atoms with van der Waals surface area (Å²) in [5.41, 5.74) is 1.41. The van der Waals surface area contributed by atoms with Crippen LogP contribution in [0.3, 0.4) is 0 Å². The maximum Gasteiger partial charge on any atom is 0.227 e. The Kier molecular flexibility index (Phi) is 4.15. The van der Waals surface area contributed by atoms with E-state index in [1.165, 1.54) is 0 Å². The quantitative estimate of drug-likeness (QED) is 0.897. The van der Waals surface area contributed by atoms with E-state index in [0.717, 1.165) is 18.7 Å². The molecule has 18 heavy (non-hydrogen) atoms. The van der Waals surface area contributed by atoms with Crippen molar-refractivity contribution in [1.29, 1.82) is 0 Å². The molecule has 2 N–H and O–H groups in total. The highest BCUT2D eigenvalue weighted by molar-refractivity contribution is 6.40. The van der Waals surface area contributed by atoms with Crippen molar-refractivity contribution in [3.05, 3.63) is 27.7 Å². The van der Waals surface area contributed by atoms with Crippen molar-refractivity contribution < 1.29 is 4.79 Å². The van der Waals surface area contributed by atoms with E-state index in [2.05, 4.69) is 10.6 Å². The number of carbonyl (C=O) groups is 1. The van der Waals surface area contributed by atoms with Crippen molar-refractivity contribution in [3.63, 3.8) is 0 Å². The second-order valence-corrected chi connectivity index (χ2v) is 5.53. The highest BCUT2D eigenvalue weighted by Crippen LogP contribution is 2.33. The summed E-state index contributed by atoms with van der Waals surface area (Å²) < 4.78 is 0. The average molecular weight is 287 g/mol. The number of amides is 1. The smallest absolute Gasteiger partial charge is 0.227 e. The Morgan fingerprint density at radius 3 is 2.67 bits per heavy atom. The summed E-state index contributed by atoms with van der Waals surface area (Å²) in [5, 5.41) is 6.98. The first kappa shape index (κ1) is 13.7. The van der Waals surface area contributed by atoms with E-state index >= 15 is 0 Å². The number of hydrogen-bond acceptors (Lipinski definition) is 2. The van der Waals surface area contributed by atoms with Crippen LogP contribution >= 0.6 is 23.2 Å². The highest BCUT2D eigenvalue weighted by Gasteiger charge is 2.29. The normalized spacial score (nSPS) is 17.1. The Bertz CT molecular complexity index is 472. The van der Waals surface area contributed by atoms with Crippen molar-refractivity contribution in [2.24, 2.45) is 11.8 Å². The number of hydrogen-bond donors (Lipinski definition) is 2. The van der Waals surface area contributed by atoms with Gasteiger partial charge < -0.3 is 10.6 Å². The predicted octanol–water partition coefficient (Wildman–Crippen LogP) is 3.10. The summed E-state index contributed by atoms with van der Waals surface area (Å²) in [6.07, 6.45) is 0. The topological polar surface area (TPSA) is 41.1 Å². The van der Waals surface area contributed by atoms with Crippen LogP contribution in [0, 0.1) is 18.8 Å². The average Bonchev–Trinajstić information content (AvgIpc) is 2.27. The Morgan fingerprint density at radius 1 is 1.44 bits per heavy atom. The lowest BCUT2D eigenvalue weighted by atomic mass is 9.88. The van der Waals surface area contributed by atoms with Crippen LogP contribution in [-0.2, 0) is 4.79 Å². The van der Waals surface area contributed by atoms with E-state index in [-0.39, 0.29) is 11.8 Å². The predicted molar refractivity (Wildman–Crippen MR) is 75.4 cm³/mol. The molecule has 1 unspecified atom stereocenters. The van der Waals surface area contributed by atoms with Crippen LogP contribution in [0.4, 0.5) is 5.69 Å². The van der Waals surface area contributed by atoms with Crippen molar-refractivity contribution in [1.82, 2.24) is 5.32 Å². The zero-order valence-corrected chi connectivity index (χ0v) is 11.9. The second-order valence-electron chi connectivity index (χ2n) is 4.75. The van der Waals surface area contributed by atoms with E-state index in [1.807, 2.05) is 19.9 Å². The molecule has 1 amide bonds. The Balaban J connectivity index is 2.13. The number of nitrogens with one attached hydrogen (secondary N) is 2. The van der Waals surface area contributed by atoms with Crippen LogP contribution in [0.25, 0.3) is 0 Å². The first-order valence-electron chi connectivity index (χ1n) is 5.97. The van der Waals surface area contributed by atoms with Gasteiger partial charge in [0.1, 0.15) is 0 Å². The van der Waals surface area contributed by atoms with Crippen molar-refractivity contribution in [2.45, 2.75) is 13.8 Å². The maximum absolute atomic E-state index is 12.1. The van der Waals surface area contributed by atoms with E-state index in [9.17, 15) is 4.79 Å². The molecule has 1 aliphatic heterocycles. The molecule has 1 atom stereocenters. The molecule has 2 rings (SSSR count). The molecule has 1 saturated heterocycles. The highest BCUT2D eigenvalue weighted by atomic mass is 35.5. The van der Waals surface area contributed by atoms with E-state index in [4.69, 9.17) is 23.2 Å². The van der Waals surface area contributed by atoms with Crippen LogP contribution in [0.1, 0.15) is 12.5 Å². The molecule has 1 heterocycles. The zero-order valence-electron chi connectivity index (χ0n) is 10.4. The van der Waals surface area contributed by atoms with Gasteiger partial charge in [-0.15, -0.1) is 0 Å². The van der Waals surface area contributed by atoms with Crippen LogP contribution in [-0.4, -0.2) is 19.0 Å². The molecule has 0 saturated carbocycles. The number of aryl methyl sites for hydroxylation is 1. The van der Waals surface area contributed by atoms with Crippen LogP contribution in [0.2, 0.25) is 10.0 Å². The lowest BCUT2D eigenvalue weighted by Gasteiger charge is -2.31.